The zero-order valence-electron chi connectivity index (χ0n) is 21.4. The third kappa shape index (κ3) is 4.90. The van der Waals surface area contributed by atoms with Gasteiger partial charge in [0.2, 0.25) is 11.8 Å². The Kier molecular flexibility index (Phi) is 6.82. The molecule has 202 valence electrons. The minimum atomic E-state index is -0.691. The molecule has 4 heterocycles. The molecule has 10 nitrogen and oxygen atoms in total. The molecule has 6 rings (SSSR count). The summed E-state index contributed by atoms with van der Waals surface area (Å²) in [5.74, 6) is -0.299. The lowest BCUT2D eigenvalue weighted by Gasteiger charge is -2.27. The van der Waals surface area contributed by atoms with Crippen molar-refractivity contribution in [2.24, 2.45) is 5.41 Å². The fourth-order valence-corrected chi connectivity index (χ4v) is 6.04. The highest BCUT2D eigenvalue weighted by atomic mass is 79.9. The number of benzene rings is 1. The van der Waals surface area contributed by atoms with Crippen molar-refractivity contribution in [3.8, 4) is 0 Å². The molecule has 1 saturated carbocycles. The Morgan fingerprint density at radius 2 is 1.92 bits per heavy atom. The third-order valence-electron chi connectivity index (χ3n) is 7.71. The Morgan fingerprint density at radius 3 is 2.74 bits per heavy atom. The van der Waals surface area contributed by atoms with Crippen LogP contribution in [-0.4, -0.2) is 69.2 Å². The maximum atomic E-state index is 13.9. The predicted molar refractivity (Wildman–Crippen MR) is 146 cm³/mol. The number of ketones is 1. The molecule has 1 aromatic carbocycles. The molecule has 3 atom stereocenters. The van der Waals surface area contributed by atoms with Crippen LogP contribution >= 0.6 is 15.9 Å². The summed E-state index contributed by atoms with van der Waals surface area (Å²) in [5.41, 5.74) is 1.49. The number of nitrogens with one attached hydrogen (secondary N) is 1. The van der Waals surface area contributed by atoms with Crippen molar-refractivity contribution < 1.29 is 23.9 Å². The molecule has 39 heavy (non-hydrogen) atoms. The standard InChI is InChI=1S/C28H28BrN5O5/c1-17(35)25-19-6-2-3-7-20(19)33(32-25)14-24(36)34-21-12-28(13-22(28)34)16-39-11-5-4-10-38-15-18-8-9-23(29)30-26(18)31-27(21)37/h2-9,21-22H,10-16H2,1H3,(H,30,31,37)/b5-4+/t21-,22+,28-/m0/s1. The van der Waals surface area contributed by atoms with Crippen LogP contribution < -0.4 is 5.32 Å². The monoisotopic (exact) mass is 593 g/mol. The van der Waals surface area contributed by atoms with Gasteiger partial charge in [0.1, 0.15) is 28.7 Å². The van der Waals surface area contributed by atoms with Crippen LogP contribution in [0.2, 0.25) is 0 Å². The first-order chi connectivity index (χ1) is 18.9. The lowest BCUT2D eigenvalue weighted by Crippen LogP contribution is -2.47. The number of aromatic nitrogens is 3. The van der Waals surface area contributed by atoms with Gasteiger partial charge < -0.3 is 19.7 Å². The first kappa shape index (κ1) is 25.8. The van der Waals surface area contributed by atoms with E-state index in [-0.39, 0.29) is 42.2 Å². The molecule has 0 radical (unpaired) electrons. The van der Waals surface area contributed by atoms with E-state index in [9.17, 15) is 14.4 Å². The van der Waals surface area contributed by atoms with E-state index in [1.54, 1.807) is 15.6 Å². The zero-order valence-corrected chi connectivity index (χ0v) is 23.0. The van der Waals surface area contributed by atoms with Crippen LogP contribution in [0.15, 0.2) is 53.2 Å². The van der Waals surface area contributed by atoms with Crippen molar-refractivity contribution in [2.75, 3.05) is 25.1 Å². The maximum Gasteiger partial charge on any atom is 0.248 e. The summed E-state index contributed by atoms with van der Waals surface area (Å²) in [5, 5.41) is 8.12. The van der Waals surface area contributed by atoms with Gasteiger partial charge in [-0.2, -0.15) is 5.10 Å². The van der Waals surface area contributed by atoms with E-state index in [4.69, 9.17) is 9.47 Å². The first-order valence-electron chi connectivity index (χ1n) is 12.9. The lowest BCUT2D eigenvalue weighted by molar-refractivity contribution is -0.138. The van der Waals surface area contributed by atoms with Gasteiger partial charge in [0.25, 0.3) is 0 Å². The fourth-order valence-electron chi connectivity index (χ4n) is 5.73. The van der Waals surface area contributed by atoms with Crippen LogP contribution in [0.5, 0.6) is 0 Å². The number of pyridine rings is 1. The van der Waals surface area contributed by atoms with Crippen LogP contribution in [0.4, 0.5) is 5.82 Å². The van der Waals surface area contributed by atoms with E-state index in [0.29, 0.717) is 53.3 Å². The second-order valence-corrected chi connectivity index (χ2v) is 11.1. The minimum Gasteiger partial charge on any atom is -0.377 e. The molecule has 2 bridgehead atoms. The van der Waals surface area contributed by atoms with Crippen molar-refractivity contribution in [2.45, 2.75) is 45.0 Å². The molecular weight excluding hydrogens is 566 g/mol. The molecule has 2 fully saturated rings. The van der Waals surface area contributed by atoms with Crippen molar-refractivity contribution in [3.05, 3.63) is 64.4 Å². The van der Waals surface area contributed by atoms with E-state index in [2.05, 4.69) is 31.3 Å². The van der Waals surface area contributed by atoms with E-state index >= 15 is 0 Å². The molecule has 0 unspecified atom stereocenters. The third-order valence-corrected chi connectivity index (χ3v) is 8.16. The number of hydrogen-bond acceptors (Lipinski definition) is 7. The number of likely N-dealkylation sites (tertiary alicyclic amines) is 1. The summed E-state index contributed by atoms with van der Waals surface area (Å²) in [7, 11) is 0. The number of fused-ring (bicyclic) bond motifs is 3. The average molecular weight is 594 g/mol. The SMILES string of the molecule is CC(=O)c1nn(CC(=O)N2[C@H]3C[C@@]4(COC/C=C/COCc5ccc(Br)nc5NC3=O)C[C@@H]24)c2ccccc12. The van der Waals surface area contributed by atoms with Gasteiger partial charge in [0.15, 0.2) is 5.78 Å². The van der Waals surface area contributed by atoms with Gasteiger partial charge in [-0.25, -0.2) is 4.98 Å². The zero-order chi connectivity index (χ0) is 27.1. The average Bonchev–Trinajstić information content (AvgIpc) is 3.32. The predicted octanol–water partition coefficient (Wildman–Crippen LogP) is 3.50. The van der Waals surface area contributed by atoms with E-state index in [1.165, 1.54) is 6.92 Å². The number of ether oxygens (including phenoxy) is 2. The number of nitrogens with zero attached hydrogens (tertiary/aromatic N) is 4. The summed E-state index contributed by atoms with van der Waals surface area (Å²) in [6.07, 6.45) is 5.09. The van der Waals surface area contributed by atoms with E-state index < -0.39 is 6.04 Å². The Morgan fingerprint density at radius 1 is 1.13 bits per heavy atom. The number of anilines is 1. The number of rotatable bonds is 3. The second kappa shape index (κ2) is 10.3. The highest BCUT2D eigenvalue weighted by Gasteiger charge is 2.67. The summed E-state index contributed by atoms with van der Waals surface area (Å²) >= 11 is 3.38. The number of halogens is 1. The summed E-state index contributed by atoms with van der Waals surface area (Å²) < 4.78 is 13.8. The normalized spacial score (nSPS) is 25.7. The summed E-state index contributed by atoms with van der Waals surface area (Å²) in [6, 6.07) is 10.2. The smallest absolute Gasteiger partial charge is 0.248 e. The van der Waals surface area contributed by atoms with Crippen molar-refractivity contribution in [3.63, 3.8) is 0 Å². The van der Waals surface area contributed by atoms with Crippen LogP contribution in [-0.2, 0) is 32.2 Å². The van der Waals surface area contributed by atoms with Gasteiger partial charge >= 0.3 is 0 Å². The molecule has 1 N–H and O–H groups in total. The Balaban J connectivity index is 1.31. The molecule has 2 aromatic heterocycles. The first-order valence-corrected chi connectivity index (χ1v) is 13.7. The number of carbonyl (C=O) groups is 3. The van der Waals surface area contributed by atoms with Crippen LogP contribution in [0.3, 0.4) is 0 Å². The number of piperidine rings is 1. The molecule has 1 saturated heterocycles. The number of amides is 2. The summed E-state index contributed by atoms with van der Waals surface area (Å²) in [6.45, 7) is 2.95. The van der Waals surface area contributed by atoms with Gasteiger partial charge in [-0.15, -0.1) is 0 Å². The quantitative estimate of drug-likeness (QED) is 0.281. The number of carbonyl (C=O) groups excluding carboxylic acids is 3. The van der Waals surface area contributed by atoms with Gasteiger partial charge in [-0.3, -0.25) is 19.1 Å². The van der Waals surface area contributed by atoms with Gasteiger partial charge in [-0.1, -0.05) is 36.4 Å². The minimum absolute atomic E-state index is 0.0814. The molecule has 3 aliphatic rings. The second-order valence-electron chi connectivity index (χ2n) is 10.3. The molecule has 1 aliphatic carbocycles. The number of hydrogen-bond donors (Lipinski definition) is 1. The van der Waals surface area contributed by atoms with Crippen molar-refractivity contribution in [1.29, 1.82) is 0 Å². The topological polar surface area (TPSA) is 116 Å². The highest BCUT2D eigenvalue weighted by Crippen LogP contribution is 2.60. The fraction of sp³-hybridized carbons (Fsp3) is 0.393. The molecule has 2 aliphatic heterocycles. The summed E-state index contributed by atoms with van der Waals surface area (Å²) in [4.78, 5) is 45.9. The van der Waals surface area contributed by atoms with Crippen molar-refractivity contribution >= 4 is 50.2 Å². The van der Waals surface area contributed by atoms with Crippen molar-refractivity contribution in [1.82, 2.24) is 19.7 Å². The van der Waals surface area contributed by atoms with Crippen LogP contribution in [0, 0.1) is 5.41 Å². The van der Waals surface area contributed by atoms with Gasteiger partial charge in [0.05, 0.1) is 31.9 Å². The van der Waals surface area contributed by atoms with Gasteiger partial charge in [0, 0.05) is 29.3 Å². The lowest BCUT2D eigenvalue weighted by atomic mass is 10.00. The number of Topliss-reactive ketones (excluding diaryl/α,β-unsaturated/α-hetero) is 1. The van der Waals surface area contributed by atoms with E-state index in [0.717, 1.165) is 12.0 Å². The molecular formula is C28H28BrN5O5. The number of para-hydroxylation sites is 1. The van der Waals surface area contributed by atoms with Gasteiger partial charge in [-0.05, 0) is 40.9 Å². The Bertz CT molecular complexity index is 1500. The van der Waals surface area contributed by atoms with Crippen LogP contribution in [0.1, 0.15) is 35.8 Å². The Hall–Kier alpha value is -3.41. The molecule has 11 heteroatoms. The molecule has 3 aromatic rings. The Labute approximate surface area is 233 Å². The van der Waals surface area contributed by atoms with Crippen LogP contribution in [0.25, 0.3) is 10.9 Å². The maximum absolute atomic E-state index is 13.9. The largest absolute Gasteiger partial charge is 0.377 e. The molecule has 2 amide bonds. The highest BCUT2D eigenvalue weighted by molar-refractivity contribution is 9.10. The van der Waals surface area contributed by atoms with E-state index in [1.807, 2.05) is 42.5 Å². The molecule has 1 spiro atoms.